The molecule has 1 heterocycles. The lowest BCUT2D eigenvalue weighted by Gasteiger charge is -2.20. The van der Waals surface area contributed by atoms with Gasteiger partial charge in [-0.1, -0.05) is 13.8 Å². The average Bonchev–Trinajstić information content (AvgIpc) is 2.03. The number of rotatable bonds is 2. The third kappa shape index (κ3) is 2.52. The van der Waals surface area contributed by atoms with Crippen molar-refractivity contribution in [2.45, 2.75) is 39.2 Å². The first-order chi connectivity index (χ1) is 5.91. The van der Waals surface area contributed by atoms with E-state index in [4.69, 9.17) is 5.73 Å². The van der Waals surface area contributed by atoms with Gasteiger partial charge in [0.15, 0.2) is 0 Å². The Labute approximate surface area is 80.2 Å². The quantitative estimate of drug-likeness (QED) is 0.755. The second kappa shape index (κ2) is 3.46. The highest BCUT2D eigenvalue weighted by Gasteiger charge is 2.14. The maximum Gasteiger partial charge on any atom is 0.0432 e. The predicted molar refractivity (Wildman–Crippen MR) is 55.5 cm³/mol. The highest BCUT2D eigenvalue weighted by Crippen LogP contribution is 2.19. The summed E-state index contributed by atoms with van der Waals surface area (Å²) in [7, 11) is 0. The van der Waals surface area contributed by atoms with E-state index in [1.54, 1.807) is 0 Å². The first kappa shape index (κ1) is 10.2. The molecule has 1 aromatic rings. The summed E-state index contributed by atoms with van der Waals surface area (Å²) in [6, 6.07) is 4.07. The van der Waals surface area contributed by atoms with Crippen LogP contribution in [0.5, 0.6) is 0 Å². The summed E-state index contributed by atoms with van der Waals surface area (Å²) in [4.78, 5) is 4.30. The second-order valence-electron chi connectivity index (χ2n) is 4.35. The van der Waals surface area contributed by atoms with Crippen LogP contribution < -0.4 is 5.73 Å². The molecule has 0 radical (unpaired) electrons. The van der Waals surface area contributed by atoms with Crippen LogP contribution in [0.15, 0.2) is 18.3 Å². The molecule has 1 aromatic heterocycles. The van der Waals surface area contributed by atoms with E-state index in [1.165, 1.54) is 0 Å². The van der Waals surface area contributed by atoms with Gasteiger partial charge in [-0.15, -0.1) is 0 Å². The van der Waals surface area contributed by atoms with E-state index in [0.29, 0.717) is 5.92 Å². The van der Waals surface area contributed by atoms with Crippen molar-refractivity contribution in [2.75, 3.05) is 0 Å². The Hall–Kier alpha value is -0.890. The number of aromatic nitrogens is 1. The maximum absolute atomic E-state index is 6.00. The molecule has 0 aliphatic heterocycles. The van der Waals surface area contributed by atoms with E-state index in [-0.39, 0.29) is 5.54 Å². The highest BCUT2D eigenvalue weighted by molar-refractivity contribution is 5.24. The molecule has 0 aliphatic rings. The lowest BCUT2D eigenvalue weighted by molar-refractivity contribution is 0.551. The van der Waals surface area contributed by atoms with Gasteiger partial charge in [0.25, 0.3) is 0 Å². The van der Waals surface area contributed by atoms with Gasteiger partial charge in [0, 0.05) is 17.4 Å². The number of pyridine rings is 1. The molecule has 0 saturated heterocycles. The van der Waals surface area contributed by atoms with Gasteiger partial charge in [-0.05, 0) is 37.5 Å². The molecule has 0 aromatic carbocycles. The summed E-state index contributed by atoms with van der Waals surface area (Å²) in [5.41, 5.74) is 7.98. The molecule has 1 rings (SSSR count). The lowest BCUT2D eigenvalue weighted by Crippen LogP contribution is -2.28. The van der Waals surface area contributed by atoms with Crippen LogP contribution in [-0.4, -0.2) is 4.98 Å². The predicted octanol–water partition coefficient (Wildman–Crippen LogP) is 2.40. The van der Waals surface area contributed by atoms with Crippen LogP contribution in [0.2, 0.25) is 0 Å². The second-order valence-corrected chi connectivity index (χ2v) is 4.35. The third-order valence-corrected chi connectivity index (χ3v) is 2.12. The van der Waals surface area contributed by atoms with E-state index in [2.05, 4.69) is 24.9 Å². The summed E-state index contributed by atoms with van der Waals surface area (Å²) < 4.78 is 0. The van der Waals surface area contributed by atoms with Crippen LogP contribution in [-0.2, 0) is 5.54 Å². The van der Waals surface area contributed by atoms with Crippen molar-refractivity contribution in [3.63, 3.8) is 0 Å². The lowest BCUT2D eigenvalue weighted by atomic mass is 9.94. The summed E-state index contributed by atoms with van der Waals surface area (Å²) in [5.74, 6) is 0.460. The zero-order valence-corrected chi connectivity index (χ0v) is 8.83. The molecule has 0 spiro atoms. The van der Waals surface area contributed by atoms with Crippen molar-refractivity contribution in [2.24, 2.45) is 5.73 Å². The fraction of sp³-hybridized carbons (Fsp3) is 0.545. The molecule has 0 unspecified atom stereocenters. The minimum absolute atomic E-state index is 0.271. The topological polar surface area (TPSA) is 38.9 Å². The molecule has 13 heavy (non-hydrogen) atoms. The van der Waals surface area contributed by atoms with Crippen LogP contribution in [0.1, 0.15) is 44.9 Å². The number of nitrogens with zero attached hydrogens (tertiary/aromatic N) is 1. The molecule has 2 heteroatoms. The first-order valence-corrected chi connectivity index (χ1v) is 4.66. The van der Waals surface area contributed by atoms with Gasteiger partial charge in [0.1, 0.15) is 0 Å². The van der Waals surface area contributed by atoms with E-state index < -0.39 is 0 Å². The van der Waals surface area contributed by atoms with Gasteiger partial charge in [-0.3, -0.25) is 4.98 Å². The Morgan fingerprint density at radius 3 is 2.46 bits per heavy atom. The van der Waals surface area contributed by atoms with Gasteiger partial charge >= 0.3 is 0 Å². The molecule has 0 saturated carbocycles. The van der Waals surface area contributed by atoms with Crippen LogP contribution in [0.4, 0.5) is 0 Å². The van der Waals surface area contributed by atoms with Gasteiger partial charge in [0.2, 0.25) is 0 Å². The van der Waals surface area contributed by atoms with Gasteiger partial charge in [-0.25, -0.2) is 0 Å². The smallest absolute Gasteiger partial charge is 0.0432 e. The molecule has 0 fully saturated rings. The number of nitrogens with two attached hydrogens (primary N) is 1. The monoisotopic (exact) mass is 178 g/mol. The molecular weight excluding hydrogens is 160 g/mol. The van der Waals surface area contributed by atoms with Crippen molar-refractivity contribution in [3.05, 3.63) is 29.6 Å². The van der Waals surface area contributed by atoms with Crippen molar-refractivity contribution < 1.29 is 0 Å². The summed E-state index contributed by atoms with van der Waals surface area (Å²) in [6.07, 6.45) is 1.83. The number of hydrogen-bond acceptors (Lipinski definition) is 2. The first-order valence-electron chi connectivity index (χ1n) is 4.66. The molecule has 0 bridgehead atoms. The van der Waals surface area contributed by atoms with Gasteiger partial charge in [-0.2, -0.15) is 0 Å². The Morgan fingerprint density at radius 1 is 1.38 bits per heavy atom. The Bertz CT molecular complexity index is 284. The molecule has 2 N–H and O–H groups in total. The van der Waals surface area contributed by atoms with Crippen LogP contribution in [0, 0.1) is 0 Å². The zero-order valence-electron chi connectivity index (χ0n) is 8.83. The minimum atomic E-state index is -0.271. The number of hydrogen-bond donors (Lipinski definition) is 1. The van der Waals surface area contributed by atoms with Crippen molar-refractivity contribution in [1.82, 2.24) is 4.98 Å². The molecule has 0 atom stereocenters. The van der Waals surface area contributed by atoms with Crippen molar-refractivity contribution >= 4 is 0 Å². The van der Waals surface area contributed by atoms with E-state index in [9.17, 15) is 0 Å². The van der Waals surface area contributed by atoms with E-state index >= 15 is 0 Å². The largest absolute Gasteiger partial charge is 0.322 e. The third-order valence-electron chi connectivity index (χ3n) is 2.12. The summed E-state index contributed by atoms with van der Waals surface area (Å²) >= 11 is 0. The van der Waals surface area contributed by atoms with E-state index in [1.807, 2.05) is 26.1 Å². The fourth-order valence-corrected chi connectivity index (χ4v) is 1.16. The fourth-order valence-electron chi connectivity index (χ4n) is 1.16. The Balaban J connectivity index is 3.06. The van der Waals surface area contributed by atoms with Crippen LogP contribution in [0.3, 0.4) is 0 Å². The van der Waals surface area contributed by atoms with Crippen molar-refractivity contribution in [3.8, 4) is 0 Å². The van der Waals surface area contributed by atoms with Crippen LogP contribution >= 0.6 is 0 Å². The minimum Gasteiger partial charge on any atom is -0.322 e. The molecule has 0 aliphatic carbocycles. The Kier molecular flexibility index (Phi) is 2.71. The average molecular weight is 178 g/mol. The molecule has 0 amide bonds. The SMILES string of the molecule is CC(C)c1cc(C(C)(C)N)ccn1. The maximum atomic E-state index is 6.00. The normalized spacial score (nSPS) is 12.2. The highest BCUT2D eigenvalue weighted by atomic mass is 14.7. The summed E-state index contributed by atoms with van der Waals surface area (Å²) in [5, 5.41) is 0. The van der Waals surface area contributed by atoms with E-state index in [0.717, 1.165) is 11.3 Å². The molecule has 2 nitrogen and oxygen atoms in total. The zero-order chi connectivity index (χ0) is 10.1. The molecule has 72 valence electrons. The van der Waals surface area contributed by atoms with Crippen LogP contribution in [0.25, 0.3) is 0 Å². The standard InChI is InChI=1S/C11H18N2/c1-8(2)10-7-9(5-6-13-10)11(3,4)12/h5-8H,12H2,1-4H3. The van der Waals surface area contributed by atoms with Gasteiger partial charge in [0.05, 0.1) is 0 Å². The molecular formula is C11H18N2. The van der Waals surface area contributed by atoms with Gasteiger partial charge < -0.3 is 5.73 Å². The van der Waals surface area contributed by atoms with Crippen molar-refractivity contribution in [1.29, 1.82) is 0 Å². The summed E-state index contributed by atoms with van der Waals surface area (Å²) in [6.45, 7) is 8.28. The Morgan fingerprint density at radius 2 is 2.00 bits per heavy atom.